The van der Waals surface area contributed by atoms with Crippen molar-refractivity contribution in [1.29, 1.82) is 0 Å². The number of benzene rings is 4. The largest absolute Gasteiger partial charge is 0.480 e. The number of carboxylic acid groups (broad SMARTS) is 1. The zero-order chi connectivity index (χ0) is 28.2. The molecule has 0 saturated carbocycles. The number of aliphatic carboxylic acids is 1. The van der Waals surface area contributed by atoms with Crippen molar-refractivity contribution in [3.05, 3.63) is 151 Å². The van der Waals surface area contributed by atoms with Crippen molar-refractivity contribution >= 4 is 22.8 Å². The van der Waals surface area contributed by atoms with Crippen molar-refractivity contribution in [3.63, 3.8) is 0 Å². The number of amides is 1. The van der Waals surface area contributed by atoms with Crippen LogP contribution in [0.1, 0.15) is 21.6 Å². The first-order valence-corrected chi connectivity index (χ1v) is 13.5. The van der Waals surface area contributed by atoms with E-state index in [1.165, 1.54) is 0 Å². The third-order valence-electron chi connectivity index (χ3n) is 7.30. The van der Waals surface area contributed by atoms with E-state index in [4.69, 9.17) is 0 Å². The maximum atomic E-state index is 14.2. The molecule has 6 heteroatoms. The van der Waals surface area contributed by atoms with Crippen molar-refractivity contribution in [2.75, 3.05) is 0 Å². The van der Waals surface area contributed by atoms with E-state index in [1.807, 2.05) is 137 Å². The summed E-state index contributed by atoms with van der Waals surface area (Å²) in [6.07, 6.45) is 4.15. The number of hydrogen-bond donors (Lipinski definition) is 2. The van der Waals surface area contributed by atoms with Gasteiger partial charge in [0.1, 0.15) is 11.7 Å². The fourth-order valence-corrected chi connectivity index (χ4v) is 5.35. The third kappa shape index (κ3) is 5.40. The van der Waals surface area contributed by atoms with Gasteiger partial charge >= 0.3 is 5.97 Å². The van der Waals surface area contributed by atoms with Gasteiger partial charge in [-0.2, -0.15) is 0 Å². The molecular formula is C35H29N3O3. The normalized spacial score (nSPS) is 11.8. The van der Waals surface area contributed by atoms with E-state index in [2.05, 4.69) is 11.4 Å². The van der Waals surface area contributed by atoms with Crippen LogP contribution >= 0.6 is 0 Å². The van der Waals surface area contributed by atoms with Crippen LogP contribution in [-0.2, 0) is 17.8 Å². The van der Waals surface area contributed by atoms with Crippen LogP contribution < -0.4 is 5.32 Å². The summed E-state index contributed by atoms with van der Waals surface area (Å²) in [5.41, 5.74) is 5.82. The Kier molecular flexibility index (Phi) is 7.20. The van der Waals surface area contributed by atoms with Crippen LogP contribution in [0.2, 0.25) is 0 Å². The maximum absolute atomic E-state index is 14.2. The van der Waals surface area contributed by atoms with Crippen molar-refractivity contribution in [1.82, 2.24) is 14.5 Å². The molecule has 0 aliphatic heterocycles. The molecule has 2 heterocycles. The van der Waals surface area contributed by atoms with E-state index in [-0.39, 0.29) is 6.42 Å². The van der Waals surface area contributed by atoms with Gasteiger partial charge < -0.3 is 19.6 Å². The van der Waals surface area contributed by atoms with Gasteiger partial charge in [0, 0.05) is 47.5 Å². The van der Waals surface area contributed by atoms with Crippen molar-refractivity contribution < 1.29 is 14.7 Å². The number of fused-ring (bicyclic) bond motifs is 1. The minimum atomic E-state index is -1.09. The summed E-state index contributed by atoms with van der Waals surface area (Å²) >= 11 is 0. The standard InChI is InChI=1S/C35H29N3O3/c39-34(36-30(35(40)41)22-25-12-4-1-5-13-25)33-32(27-16-8-3-9-17-27)29-23-28(37-20-10-11-21-37)18-19-31(29)38(33)24-26-14-6-2-7-15-26/h1-21,23,30H,22,24H2,(H,36,39)(H,40,41)/t30-/m0/s1. The number of nitrogens with zero attached hydrogens (tertiary/aromatic N) is 2. The summed E-state index contributed by atoms with van der Waals surface area (Å²) in [7, 11) is 0. The minimum Gasteiger partial charge on any atom is -0.480 e. The molecule has 6 rings (SSSR count). The zero-order valence-corrected chi connectivity index (χ0v) is 22.4. The number of carbonyl (C=O) groups is 2. The second kappa shape index (κ2) is 11.4. The highest BCUT2D eigenvalue weighted by molar-refractivity contribution is 6.11. The molecule has 2 aromatic heterocycles. The lowest BCUT2D eigenvalue weighted by Crippen LogP contribution is -2.43. The molecule has 4 aromatic carbocycles. The Labute approximate surface area is 238 Å². The quantitative estimate of drug-likeness (QED) is 0.218. The van der Waals surface area contributed by atoms with Gasteiger partial charge in [0.05, 0.1) is 0 Å². The van der Waals surface area contributed by atoms with Crippen molar-refractivity contribution in [3.8, 4) is 16.8 Å². The molecule has 0 aliphatic carbocycles. The molecule has 6 nitrogen and oxygen atoms in total. The van der Waals surface area contributed by atoms with E-state index in [1.54, 1.807) is 0 Å². The van der Waals surface area contributed by atoms with Gasteiger partial charge in [-0.15, -0.1) is 0 Å². The Morgan fingerprint density at radius 1 is 0.732 bits per heavy atom. The molecule has 1 amide bonds. The second-order valence-electron chi connectivity index (χ2n) is 10.0. The van der Waals surface area contributed by atoms with Gasteiger partial charge in [-0.05, 0) is 47.0 Å². The lowest BCUT2D eigenvalue weighted by Gasteiger charge is -2.17. The van der Waals surface area contributed by atoms with Crippen molar-refractivity contribution in [2.24, 2.45) is 0 Å². The van der Waals surface area contributed by atoms with Gasteiger partial charge in [0.15, 0.2) is 0 Å². The van der Waals surface area contributed by atoms with E-state index in [9.17, 15) is 14.7 Å². The Hall–Kier alpha value is -5.36. The molecule has 41 heavy (non-hydrogen) atoms. The molecule has 202 valence electrons. The number of hydrogen-bond acceptors (Lipinski definition) is 2. The summed E-state index contributed by atoms with van der Waals surface area (Å²) in [6, 6.07) is 38.1. The predicted molar refractivity (Wildman–Crippen MR) is 161 cm³/mol. The lowest BCUT2D eigenvalue weighted by molar-refractivity contribution is -0.139. The van der Waals surface area contributed by atoms with Gasteiger partial charge in [-0.3, -0.25) is 4.79 Å². The van der Waals surface area contributed by atoms with Gasteiger partial charge in [-0.1, -0.05) is 91.0 Å². The van der Waals surface area contributed by atoms with Gasteiger partial charge in [0.25, 0.3) is 5.91 Å². The first-order valence-electron chi connectivity index (χ1n) is 13.5. The Bertz CT molecular complexity index is 1790. The maximum Gasteiger partial charge on any atom is 0.326 e. The summed E-state index contributed by atoms with van der Waals surface area (Å²) in [5, 5.41) is 13.9. The first kappa shape index (κ1) is 25.9. The first-order chi connectivity index (χ1) is 20.1. The van der Waals surface area contributed by atoms with Crippen LogP contribution in [0.5, 0.6) is 0 Å². The number of nitrogens with one attached hydrogen (secondary N) is 1. The molecule has 0 unspecified atom stereocenters. The fraction of sp³-hybridized carbons (Fsp3) is 0.0857. The number of carbonyl (C=O) groups excluding carboxylic acids is 1. The summed E-state index contributed by atoms with van der Waals surface area (Å²) < 4.78 is 4.03. The summed E-state index contributed by atoms with van der Waals surface area (Å²) in [6.45, 7) is 0.451. The average Bonchev–Trinajstić information content (AvgIpc) is 3.65. The highest BCUT2D eigenvalue weighted by atomic mass is 16.4. The van der Waals surface area contributed by atoms with E-state index in [0.717, 1.165) is 38.8 Å². The highest BCUT2D eigenvalue weighted by Gasteiger charge is 2.28. The molecule has 6 aromatic rings. The topological polar surface area (TPSA) is 76.3 Å². The highest BCUT2D eigenvalue weighted by Crippen LogP contribution is 2.37. The smallest absolute Gasteiger partial charge is 0.326 e. The van der Waals surface area contributed by atoms with Crippen LogP contribution in [0, 0.1) is 0 Å². The molecular weight excluding hydrogens is 510 g/mol. The fourth-order valence-electron chi connectivity index (χ4n) is 5.35. The van der Waals surface area contributed by atoms with E-state index in [0.29, 0.717) is 12.2 Å². The molecule has 0 spiro atoms. The Morgan fingerprint density at radius 2 is 1.34 bits per heavy atom. The van der Waals surface area contributed by atoms with Crippen LogP contribution in [0.3, 0.4) is 0 Å². The summed E-state index contributed by atoms with van der Waals surface area (Å²) in [5.74, 6) is -1.51. The number of rotatable bonds is 9. The molecule has 0 fully saturated rings. The Balaban J connectivity index is 1.53. The average molecular weight is 540 g/mol. The van der Waals surface area contributed by atoms with Crippen LogP contribution in [0.4, 0.5) is 0 Å². The predicted octanol–water partition coefficient (Wildman–Crippen LogP) is 6.57. The van der Waals surface area contributed by atoms with Crippen LogP contribution in [-0.4, -0.2) is 32.2 Å². The number of aromatic nitrogens is 2. The Morgan fingerprint density at radius 3 is 1.98 bits per heavy atom. The molecule has 0 bridgehead atoms. The van der Waals surface area contributed by atoms with Crippen molar-refractivity contribution in [2.45, 2.75) is 19.0 Å². The zero-order valence-electron chi connectivity index (χ0n) is 22.4. The third-order valence-corrected chi connectivity index (χ3v) is 7.30. The van der Waals surface area contributed by atoms with Gasteiger partial charge in [0.2, 0.25) is 0 Å². The van der Waals surface area contributed by atoms with E-state index < -0.39 is 17.9 Å². The summed E-state index contributed by atoms with van der Waals surface area (Å²) in [4.78, 5) is 26.6. The lowest BCUT2D eigenvalue weighted by atomic mass is 10.0. The van der Waals surface area contributed by atoms with Crippen LogP contribution in [0.25, 0.3) is 27.7 Å². The minimum absolute atomic E-state index is 0.180. The number of carboxylic acids is 1. The molecule has 0 radical (unpaired) electrons. The SMILES string of the molecule is O=C(N[C@@H](Cc1ccccc1)C(=O)O)c1c(-c2ccccc2)c2cc(-n3cccc3)ccc2n1Cc1ccccc1. The van der Waals surface area contributed by atoms with Crippen LogP contribution in [0.15, 0.2) is 134 Å². The molecule has 1 atom stereocenters. The van der Waals surface area contributed by atoms with E-state index >= 15 is 0 Å². The molecule has 0 saturated heterocycles. The second-order valence-corrected chi connectivity index (χ2v) is 10.0. The molecule has 2 N–H and O–H groups in total. The van der Waals surface area contributed by atoms with Gasteiger partial charge in [-0.25, -0.2) is 4.79 Å². The monoisotopic (exact) mass is 539 g/mol. The molecule has 0 aliphatic rings.